The number of halogens is 2. The monoisotopic (exact) mass is 423 g/mol. The third-order valence-corrected chi connectivity index (χ3v) is 6.31. The lowest BCUT2D eigenvalue weighted by Crippen LogP contribution is -2.39. The molecule has 0 radical (unpaired) electrons. The molecule has 2 N–H and O–H groups in total. The number of nitrogens with one attached hydrogen (secondary N) is 2. The summed E-state index contributed by atoms with van der Waals surface area (Å²) >= 11 is 0. The number of benzene rings is 1. The van der Waals surface area contributed by atoms with E-state index in [-0.39, 0.29) is 42.2 Å². The molecule has 0 spiro atoms. The van der Waals surface area contributed by atoms with Crippen LogP contribution in [0.3, 0.4) is 0 Å². The summed E-state index contributed by atoms with van der Waals surface area (Å²) in [4.78, 5) is 14.4. The second kappa shape index (κ2) is 10.5. The van der Waals surface area contributed by atoms with Gasteiger partial charge in [0.05, 0.1) is 11.5 Å². The molecule has 0 aliphatic carbocycles. The molecule has 2 aliphatic rings. The zero-order valence-corrected chi connectivity index (χ0v) is 17.1. The van der Waals surface area contributed by atoms with Gasteiger partial charge in [-0.05, 0) is 37.1 Å². The van der Waals surface area contributed by atoms with Crippen LogP contribution in [0.1, 0.15) is 28.8 Å². The minimum Gasteiger partial charge on any atom is -0.350 e. The number of hydrogen-bond acceptors (Lipinski definition) is 5. The van der Waals surface area contributed by atoms with Crippen molar-refractivity contribution in [3.8, 4) is 0 Å². The van der Waals surface area contributed by atoms with E-state index >= 15 is 0 Å². The number of rotatable bonds is 5. The molecule has 3 rings (SSSR count). The van der Waals surface area contributed by atoms with Gasteiger partial charge in [0.2, 0.25) is 0 Å². The number of nitrogens with zero attached hydrogens (tertiary/aromatic N) is 1. The topological polar surface area (TPSA) is 78.5 Å². The van der Waals surface area contributed by atoms with Gasteiger partial charge in [0, 0.05) is 37.8 Å². The highest BCUT2D eigenvalue weighted by Gasteiger charge is 2.21. The Hall–Kier alpha value is -0.860. The Balaban J connectivity index is 0.00000169. The van der Waals surface area contributed by atoms with E-state index in [0.717, 1.165) is 18.5 Å². The minimum absolute atomic E-state index is 0. The summed E-state index contributed by atoms with van der Waals surface area (Å²) in [5, 5.41) is 6.35. The van der Waals surface area contributed by atoms with Crippen LogP contribution < -0.4 is 10.6 Å². The van der Waals surface area contributed by atoms with Crippen LogP contribution in [-0.2, 0) is 16.4 Å². The van der Waals surface area contributed by atoms with Gasteiger partial charge in [0.15, 0.2) is 9.84 Å². The van der Waals surface area contributed by atoms with Crippen molar-refractivity contribution in [3.63, 3.8) is 0 Å². The molecular weight excluding hydrogens is 397 g/mol. The SMILES string of the molecule is Cl.Cl.O=C(NCC1CCCN1)c1cccc(CN2CCS(=O)(=O)CC2)c1. The maximum absolute atomic E-state index is 12.3. The number of amides is 1. The van der Waals surface area contributed by atoms with E-state index in [2.05, 4.69) is 15.5 Å². The highest BCUT2D eigenvalue weighted by atomic mass is 35.5. The van der Waals surface area contributed by atoms with Crippen molar-refractivity contribution in [3.05, 3.63) is 35.4 Å². The number of carbonyl (C=O) groups excluding carboxylic acids is 1. The highest BCUT2D eigenvalue weighted by Crippen LogP contribution is 2.12. The Morgan fingerprint density at radius 3 is 2.62 bits per heavy atom. The molecule has 0 aromatic heterocycles. The Bertz CT molecular complexity index is 680. The van der Waals surface area contributed by atoms with Crippen LogP contribution in [0, 0.1) is 0 Å². The van der Waals surface area contributed by atoms with Gasteiger partial charge >= 0.3 is 0 Å². The largest absolute Gasteiger partial charge is 0.350 e. The normalized spacial score (nSPS) is 22.1. The summed E-state index contributed by atoms with van der Waals surface area (Å²) < 4.78 is 23.0. The molecule has 1 atom stereocenters. The van der Waals surface area contributed by atoms with Crippen LogP contribution in [-0.4, -0.2) is 63.0 Å². The molecule has 6 nitrogen and oxygen atoms in total. The van der Waals surface area contributed by atoms with E-state index in [1.807, 2.05) is 24.3 Å². The molecule has 2 heterocycles. The maximum Gasteiger partial charge on any atom is 0.251 e. The first-order valence-electron chi connectivity index (χ1n) is 8.55. The summed E-state index contributed by atoms with van der Waals surface area (Å²) in [6.07, 6.45) is 2.28. The number of sulfone groups is 1. The summed E-state index contributed by atoms with van der Waals surface area (Å²) in [6, 6.07) is 7.98. The lowest BCUT2D eigenvalue weighted by molar-refractivity contribution is 0.0950. The van der Waals surface area contributed by atoms with Crippen LogP contribution in [0.4, 0.5) is 0 Å². The van der Waals surface area contributed by atoms with Crippen molar-refractivity contribution in [1.29, 1.82) is 0 Å². The first-order valence-corrected chi connectivity index (χ1v) is 10.4. The van der Waals surface area contributed by atoms with Crippen molar-refractivity contribution in [1.82, 2.24) is 15.5 Å². The molecule has 2 saturated heterocycles. The van der Waals surface area contributed by atoms with E-state index in [1.54, 1.807) is 0 Å². The zero-order valence-electron chi connectivity index (χ0n) is 14.6. The fourth-order valence-corrected chi connectivity index (χ4v) is 4.50. The van der Waals surface area contributed by atoms with Gasteiger partial charge in [-0.25, -0.2) is 8.42 Å². The molecule has 1 aromatic carbocycles. The molecular formula is C17H27Cl2N3O3S. The van der Waals surface area contributed by atoms with Gasteiger partial charge in [-0.3, -0.25) is 9.69 Å². The maximum atomic E-state index is 12.3. The van der Waals surface area contributed by atoms with E-state index in [4.69, 9.17) is 0 Å². The summed E-state index contributed by atoms with van der Waals surface area (Å²) in [6.45, 7) is 3.49. The average molecular weight is 424 g/mol. The second-order valence-electron chi connectivity index (χ2n) is 6.63. The number of hydrogen-bond donors (Lipinski definition) is 2. The molecule has 26 heavy (non-hydrogen) atoms. The van der Waals surface area contributed by atoms with Crippen molar-refractivity contribution in [2.45, 2.75) is 25.4 Å². The molecule has 1 amide bonds. The molecule has 1 unspecified atom stereocenters. The van der Waals surface area contributed by atoms with Crippen LogP contribution in [0.25, 0.3) is 0 Å². The Morgan fingerprint density at radius 1 is 1.23 bits per heavy atom. The molecule has 9 heteroatoms. The molecule has 0 saturated carbocycles. The molecule has 1 aromatic rings. The van der Waals surface area contributed by atoms with E-state index in [9.17, 15) is 13.2 Å². The van der Waals surface area contributed by atoms with E-state index in [1.165, 1.54) is 6.42 Å². The van der Waals surface area contributed by atoms with Crippen molar-refractivity contribution in [2.75, 3.05) is 37.7 Å². The summed E-state index contributed by atoms with van der Waals surface area (Å²) in [5.41, 5.74) is 1.70. The van der Waals surface area contributed by atoms with Gasteiger partial charge in [-0.15, -0.1) is 24.8 Å². The second-order valence-corrected chi connectivity index (χ2v) is 8.94. The minimum atomic E-state index is -2.86. The highest BCUT2D eigenvalue weighted by molar-refractivity contribution is 7.91. The first kappa shape index (κ1) is 23.2. The average Bonchev–Trinajstić information content (AvgIpc) is 3.08. The third-order valence-electron chi connectivity index (χ3n) is 4.70. The predicted octanol–water partition coefficient (Wildman–Crippen LogP) is 1.24. The van der Waals surface area contributed by atoms with Crippen LogP contribution in [0.5, 0.6) is 0 Å². The first-order chi connectivity index (χ1) is 11.5. The Kier molecular flexibility index (Phi) is 9.33. The van der Waals surface area contributed by atoms with Gasteiger partial charge in [0.1, 0.15) is 0 Å². The summed E-state index contributed by atoms with van der Waals surface area (Å²) in [5.74, 6) is 0.398. The van der Waals surface area contributed by atoms with Gasteiger partial charge in [-0.1, -0.05) is 12.1 Å². The molecule has 2 aliphatic heterocycles. The van der Waals surface area contributed by atoms with E-state index < -0.39 is 9.84 Å². The Morgan fingerprint density at radius 2 is 1.96 bits per heavy atom. The van der Waals surface area contributed by atoms with E-state index in [0.29, 0.717) is 37.8 Å². The quantitative estimate of drug-likeness (QED) is 0.744. The Labute approximate surface area is 167 Å². The number of carbonyl (C=O) groups is 1. The van der Waals surface area contributed by atoms with Crippen molar-refractivity contribution >= 4 is 40.6 Å². The molecule has 148 valence electrons. The predicted molar refractivity (Wildman–Crippen MR) is 108 cm³/mol. The van der Waals surface area contributed by atoms with Crippen molar-refractivity contribution < 1.29 is 13.2 Å². The van der Waals surface area contributed by atoms with Crippen molar-refractivity contribution in [2.24, 2.45) is 0 Å². The van der Waals surface area contributed by atoms with Crippen LogP contribution >= 0.6 is 24.8 Å². The van der Waals surface area contributed by atoms with Gasteiger partial charge < -0.3 is 10.6 Å². The van der Waals surface area contributed by atoms with Crippen LogP contribution in [0.15, 0.2) is 24.3 Å². The fourth-order valence-electron chi connectivity index (χ4n) is 3.23. The van der Waals surface area contributed by atoms with Crippen LogP contribution in [0.2, 0.25) is 0 Å². The fraction of sp³-hybridized carbons (Fsp3) is 0.588. The molecule has 0 bridgehead atoms. The third kappa shape index (κ3) is 6.70. The standard InChI is InChI=1S/C17H25N3O3S.2ClH/c21-17(19-12-16-5-2-6-18-16)15-4-1-3-14(11-15)13-20-7-9-24(22,23)10-8-20;;/h1,3-4,11,16,18H,2,5-10,12-13H2,(H,19,21);2*1H. The molecule has 2 fully saturated rings. The summed E-state index contributed by atoms with van der Waals surface area (Å²) in [7, 11) is -2.86. The lowest BCUT2D eigenvalue weighted by atomic mass is 10.1. The van der Waals surface area contributed by atoms with Gasteiger partial charge in [-0.2, -0.15) is 0 Å². The van der Waals surface area contributed by atoms with Gasteiger partial charge in [0.25, 0.3) is 5.91 Å². The lowest BCUT2D eigenvalue weighted by Gasteiger charge is -2.26. The zero-order chi connectivity index (χ0) is 17.0. The smallest absolute Gasteiger partial charge is 0.251 e.